The molecular weight excluding hydrogens is 621 g/mol. The summed E-state index contributed by atoms with van der Waals surface area (Å²) in [5.74, 6) is -0.271. The third-order valence-electron chi connectivity index (χ3n) is 8.05. The van der Waals surface area contributed by atoms with Gasteiger partial charge in [-0.25, -0.2) is 25.1 Å². The average molecular weight is 682 g/mol. The first-order chi connectivity index (χ1) is 22.1. The second-order valence-corrected chi connectivity index (χ2v) is 15.9. The first-order valence-corrected chi connectivity index (χ1v) is 19.1. The number of nitrogen functional groups attached to an aromatic ring is 1. The molecule has 0 radical (unpaired) electrons. The lowest BCUT2D eigenvalue weighted by Crippen LogP contribution is -2.54. The topological polar surface area (TPSA) is 173 Å². The largest absolute Gasteiger partial charge is 0.464 e. The van der Waals surface area contributed by atoms with Gasteiger partial charge in [0, 0.05) is 0 Å². The highest BCUT2D eigenvalue weighted by molar-refractivity contribution is 7.59. The molecule has 0 saturated carbocycles. The van der Waals surface area contributed by atoms with Crippen LogP contribution in [-0.4, -0.2) is 68.2 Å². The number of anilines is 1. The smallest absolute Gasteiger partial charge is 0.326 e. The van der Waals surface area contributed by atoms with Crippen LogP contribution >= 0.6 is 7.44 Å². The Hall–Kier alpha value is -2.60. The summed E-state index contributed by atoms with van der Waals surface area (Å²) < 4.78 is 34.1. The minimum atomic E-state index is -3.81. The van der Waals surface area contributed by atoms with Crippen LogP contribution in [0.25, 0.3) is 11.2 Å². The first-order valence-electron chi connectivity index (χ1n) is 17.2. The number of nitrogens with zero attached hydrogens (tertiary/aromatic N) is 4. The number of carbonyl (C=O) groups excluding carboxylic acids is 2. The lowest BCUT2D eigenvalue weighted by atomic mass is 9.99. The molecule has 268 valence electrons. The Labute approximate surface area is 281 Å². The predicted molar refractivity (Wildman–Crippen MR) is 186 cm³/mol. The highest BCUT2D eigenvalue weighted by Crippen LogP contribution is 2.42. The minimum Gasteiger partial charge on any atom is -0.464 e. The Balaban J connectivity index is 2.24. The van der Waals surface area contributed by atoms with Crippen molar-refractivity contribution in [1.82, 2.24) is 29.7 Å². The van der Waals surface area contributed by atoms with Crippen molar-refractivity contribution in [2.24, 2.45) is 11.8 Å². The molecule has 0 amide bonds. The number of hydrogen-bond donors (Lipinski definition) is 3. The number of ether oxygens (including phenoxy) is 3. The summed E-state index contributed by atoms with van der Waals surface area (Å²) in [6.45, 7) is 17.6. The fourth-order valence-corrected chi connectivity index (χ4v) is 8.32. The third-order valence-corrected chi connectivity index (χ3v) is 10.4. The summed E-state index contributed by atoms with van der Waals surface area (Å²) in [6.07, 6.45) is 9.99. The first kappa shape index (κ1) is 40.6. The number of rotatable bonds is 23. The number of imidazole rings is 1. The summed E-state index contributed by atoms with van der Waals surface area (Å²) in [7, 11) is -3.81. The van der Waals surface area contributed by atoms with E-state index in [9.17, 15) is 14.2 Å². The van der Waals surface area contributed by atoms with Gasteiger partial charge in [0.05, 0.1) is 32.2 Å². The van der Waals surface area contributed by atoms with Gasteiger partial charge in [-0.3, -0.25) is 14.2 Å². The molecule has 4 N–H and O–H groups in total. The van der Waals surface area contributed by atoms with Crippen molar-refractivity contribution in [2.45, 2.75) is 137 Å². The quantitative estimate of drug-likeness (QED) is 0.0894. The zero-order valence-corrected chi connectivity index (χ0v) is 31.0. The standard InChI is InChI=1S/C33H60N7O6P/c1-10-14-25(15-11-2)19-44-30(41)32(6,7)38-47(43,39-33(8,9)31(42)45-20-26(16-12-3)17-13-4)23-46-24(5)18-40-22-37-27-28(34)35-21-36-29(27)40/h21-22,24-26H,10-20,23H2,1-9H3,(H2,34,35,36)(H2,38,39,43)/t24-/m1/s1. The maximum atomic E-state index is 14.7. The van der Waals surface area contributed by atoms with Crippen LogP contribution in [0.15, 0.2) is 12.7 Å². The lowest BCUT2D eigenvalue weighted by Gasteiger charge is -2.36. The van der Waals surface area contributed by atoms with E-state index in [4.69, 9.17) is 19.9 Å². The minimum absolute atomic E-state index is 0.261. The summed E-state index contributed by atoms with van der Waals surface area (Å²) in [5.41, 5.74) is 4.24. The van der Waals surface area contributed by atoms with E-state index in [-0.39, 0.29) is 24.0 Å². The van der Waals surface area contributed by atoms with E-state index in [1.165, 1.54) is 6.33 Å². The van der Waals surface area contributed by atoms with Crippen LogP contribution in [0.4, 0.5) is 5.82 Å². The number of aromatic nitrogens is 4. The van der Waals surface area contributed by atoms with Crippen LogP contribution in [-0.2, 0) is 34.9 Å². The number of fused-ring (bicyclic) bond motifs is 1. The zero-order valence-electron chi connectivity index (χ0n) is 30.1. The fraction of sp³-hybridized carbons (Fsp3) is 0.788. The molecule has 2 heterocycles. The van der Waals surface area contributed by atoms with Gasteiger partial charge in [-0.2, -0.15) is 0 Å². The molecule has 2 aromatic rings. The molecule has 13 nitrogen and oxygen atoms in total. The summed E-state index contributed by atoms with van der Waals surface area (Å²) in [6, 6.07) is 0. The number of nitrogens with one attached hydrogen (secondary N) is 2. The number of esters is 2. The van der Waals surface area contributed by atoms with Crippen molar-refractivity contribution in [3.63, 3.8) is 0 Å². The van der Waals surface area contributed by atoms with E-state index in [1.807, 2.05) is 6.92 Å². The van der Waals surface area contributed by atoms with Crippen molar-refractivity contribution in [3.05, 3.63) is 12.7 Å². The molecule has 14 heteroatoms. The van der Waals surface area contributed by atoms with E-state index in [2.05, 4.69) is 52.8 Å². The van der Waals surface area contributed by atoms with Crippen LogP contribution in [0.3, 0.4) is 0 Å². The Kier molecular flexibility index (Phi) is 16.2. The molecule has 47 heavy (non-hydrogen) atoms. The molecule has 0 spiro atoms. The molecule has 0 aliphatic heterocycles. The van der Waals surface area contributed by atoms with Crippen LogP contribution in [0.2, 0.25) is 0 Å². The Morgan fingerprint density at radius 3 is 1.77 bits per heavy atom. The van der Waals surface area contributed by atoms with Gasteiger partial charge in [0.15, 0.2) is 11.5 Å². The van der Waals surface area contributed by atoms with E-state index in [0.29, 0.717) is 30.9 Å². The molecule has 2 aromatic heterocycles. The van der Waals surface area contributed by atoms with Gasteiger partial charge >= 0.3 is 11.9 Å². The SMILES string of the molecule is CCCC(CCC)COC(=O)C(C)(C)NP(=O)(CO[C@H](C)Cn1cnc2c(N)ncnc21)NC(C)(C)C(=O)OCC(CCC)CCC. The molecule has 1 atom stereocenters. The van der Waals surface area contributed by atoms with Gasteiger partial charge in [-0.15, -0.1) is 0 Å². The number of nitrogens with two attached hydrogens (primary N) is 1. The maximum absolute atomic E-state index is 14.7. The van der Waals surface area contributed by atoms with Crippen LogP contribution in [0.5, 0.6) is 0 Å². The fourth-order valence-electron chi connectivity index (χ4n) is 5.68. The van der Waals surface area contributed by atoms with Crippen LogP contribution in [0.1, 0.15) is 114 Å². The predicted octanol–water partition coefficient (Wildman–Crippen LogP) is 6.22. The summed E-state index contributed by atoms with van der Waals surface area (Å²) in [4.78, 5) is 39.3. The third kappa shape index (κ3) is 12.7. The van der Waals surface area contributed by atoms with Gasteiger partial charge in [0.2, 0.25) is 7.44 Å². The van der Waals surface area contributed by atoms with Gasteiger partial charge in [0.25, 0.3) is 0 Å². The summed E-state index contributed by atoms with van der Waals surface area (Å²) >= 11 is 0. The summed E-state index contributed by atoms with van der Waals surface area (Å²) in [5, 5.41) is 6.01. The van der Waals surface area contributed by atoms with Gasteiger partial charge in [-0.05, 0) is 72.1 Å². The molecule has 0 bridgehead atoms. The van der Waals surface area contributed by atoms with E-state index in [0.717, 1.165) is 51.4 Å². The number of hydrogen-bond acceptors (Lipinski definition) is 10. The van der Waals surface area contributed by atoms with Gasteiger partial charge in [0.1, 0.15) is 29.3 Å². The highest BCUT2D eigenvalue weighted by atomic mass is 31.2. The highest BCUT2D eigenvalue weighted by Gasteiger charge is 2.43. The molecule has 2 rings (SSSR count). The molecule has 0 aliphatic carbocycles. The van der Waals surface area contributed by atoms with Crippen molar-refractivity contribution in [2.75, 3.05) is 25.3 Å². The average Bonchev–Trinajstić information content (AvgIpc) is 3.40. The molecule has 0 aliphatic rings. The monoisotopic (exact) mass is 681 g/mol. The Bertz CT molecular complexity index is 1260. The second kappa shape index (κ2) is 18.8. The number of carbonyl (C=O) groups is 2. The van der Waals surface area contributed by atoms with Gasteiger partial charge < -0.3 is 24.5 Å². The zero-order chi connectivity index (χ0) is 35.3. The molecule has 0 unspecified atom stereocenters. The molecular formula is C33H60N7O6P. The lowest BCUT2D eigenvalue weighted by molar-refractivity contribution is -0.151. The van der Waals surface area contributed by atoms with E-state index < -0.39 is 36.6 Å². The van der Waals surface area contributed by atoms with E-state index >= 15 is 0 Å². The van der Waals surface area contributed by atoms with Crippen LogP contribution in [0, 0.1) is 11.8 Å². The molecule has 0 saturated heterocycles. The maximum Gasteiger partial charge on any atom is 0.326 e. The van der Waals surface area contributed by atoms with Gasteiger partial charge in [-0.1, -0.05) is 53.4 Å². The normalized spacial score (nSPS) is 13.4. The van der Waals surface area contributed by atoms with E-state index in [1.54, 1.807) is 38.6 Å². The van der Waals surface area contributed by atoms with Crippen molar-refractivity contribution in [3.8, 4) is 0 Å². The molecule has 0 aromatic carbocycles. The Morgan fingerprint density at radius 2 is 1.32 bits per heavy atom. The second-order valence-electron chi connectivity index (χ2n) is 13.7. The molecule has 0 fully saturated rings. The van der Waals surface area contributed by atoms with Crippen molar-refractivity contribution >= 4 is 36.4 Å². The van der Waals surface area contributed by atoms with Crippen LogP contribution < -0.4 is 15.9 Å². The van der Waals surface area contributed by atoms with Crippen molar-refractivity contribution < 1.29 is 28.4 Å². The van der Waals surface area contributed by atoms with Crippen molar-refractivity contribution in [1.29, 1.82) is 0 Å². The Morgan fingerprint density at radius 1 is 0.851 bits per heavy atom.